The Morgan fingerprint density at radius 3 is 2.28 bits per heavy atom. The van der Waals surface area contributed by atoms with E-state index in [1.165, 1.54) is 18.2 Å². The zero-order chi connectivity index (χ0) is 23.1. The maximum absolute atomic E-state index is 12.7. The molecular formula is C22H24F2N4O4. The summed E-state index contributed by atoms with van der Waals surface area (Å²) in [5, 5.41) is 5.31. The van der Waals surface area contributed by atoms with E-state index in [0.717, 1.165) is 0 Å². The first-order valence-electron chi connectivity index (χ1n) is 10.0. The molecule has 0 aromatic heterocycles. The third-order valence-electron chi connectivity index (χ3n) is 5.02. The highest BCUT2D eigenvalue weighted by molar-refractivity contribution is 5.97. The largest absolute Gasteiger partial charge is 0.434 e. The number of carbonyl (C=O) groups excluding carboxylic acids is 3. The number of amides is 3. The average Bonchev–Trinajstić information content (AvgIpc) is 2.79. The molecule has 3 amide bonds. The van der Waals surface area contributed by atoms with Gasteiger partial charge in [-0.3, -0.25) is 19.3 Å². The predicted molar refractivity (Wildman–Crippen MR) is 114 cm³/mol. The fourth-order valence-corrected chi connectivity index (χ4v) is 3.37. The van der Waals surface area contributed by atoms with E-state index < -0.39 is 6.61 Å². The predicted octanol–water partition coefficient (Wildman–Crippen LogP) is 2.04. The lowest BCUT2D eigenvalue weighted by molar-refractivity contribution is -0.117. The van der Waals surface area contributed by atoms with Crippen LogP contribution in [0.2, 0.25) is 0 Å². The number of benzene rings is 2. The number of halogens is 2. The molecule has 3 rings (SSSR count). The summed E-state index contributed by atoms with van der Waals surface area (Å²) in [6, 6.07) is 12.4. The molecule has 0 saturated carbocycles. The van der Waals surface area contributed by atoms with Gasteiger partial charge in [-0.25, -0.2) is 0 Å². The molecule has 0 bridgehead atoms. The second-order valence-corrected chi connectivity index (χ2v) is 7.15. The number of hydrogen-bond donors (Lipinski definition) is 2. The molecule has 8 nitrogen and oxygen atoms in total. The van der Waals surface area contributed by atoms with Crippen LogP contribution in [-0.4, -0.2) is 73.9 Å². The minimum Gasteiger partial charge on any atom is -0.434 e. The van der Waals surface area contributed by atoms with Gasteiger partial charge >= 0.3 is 6.61 Å². The van der Waals surface area contributed by atoms with Gasteiger partial charge in [-0.15, -0.1) is 0 Å². The average molecular weight is 446 g/mol. The molecule has 1 fully saturated rings. The van der Waals surface area contributed by atoms with Crippen LogP contribution in [0.25, 0.3) is 0 Å². The Kier molecular flexibility index (Phi) is 7.72. The zero-order valence-corrected chi connectivity index (χ0v) is 17.5. The first-order chi connectivity index (χ1) is 15.4. The summed E-state index contributed by atoms with van der Waals surface area (Å²) >= 11 is 0. The third kappa shape index (κ3) is 6.01. The van der Waals surface area contributed by atoms with Crippen LogP contribution in [0, 0.1) is 0 Å². The molecule has 0 spiro atoms. The Morgan fingerprint density at radius 1 is 1.00 bits per heavy atom. The molecule has 10 heteroatoms. The lowest BCUT2D eigenvalue weighted by Crippen LogP contribution is -2.50. The van der Waals surface area contributed by atoms with Gasteiger partial charge in [0.25, 0.3) is 11.8 Å². The number of rotatable bonds is 7. The Balaban J connectivity index is 1.50. The smallest absolute Gasteiger partial charge is 0.387 e. The summed E-state index contributed by atoms with van der Waals surface area (Å²) in [6.45, 7) is -1.23. The molecule has 32 heavy (non-hydrogen) atoms. The van der Waals surface area contributed by atoms with Crippen LogP contribution in [0.3, 0.4) is 0 Å². The van der Waals surface area contributed by atoms with Gasteiger partial charge in [-0.1, -0.05) is 12.1 Å². The zero-order valence-electron chi connectivity index (χ0n) is 17.5. The Bertz CT molecular complexity index is 961. The number of anilines is 1. The molecule has 1 heterocycles. The summed E-state index contributed by atoms with van der Waals surface area (Å²) in [5.74, 6) is -0.967. The molecule has 0 atom stereocenters. The lowest BCUT2D eigenvalue weighted by Gasteiger charge is -2.34. The van der Waals surface area contributed by atoms with Crippen molar-refractivity contribution in [3.8, 4) is 5.75 Å². The van der Waals surface area contributed by atoms with E-state index in [1.807, 2.05) is 4.90 Å². The van der Waals surface area contributed by atoms with Gasteiger partial charge < -0.3 is 20.3 Å². The van der Waals surface area contributed by atoms with Gasteiger partial charge in [0, 0.05) is 44.5 Å². The van der Waals surface area contributed by atoms with Crippen molar-refractivity contribution in [3.63, 3.8) is 0 Å². The van der Waals surface area contributed by atoms with Gasteiger partial charge in [0.2, 0.25) is 5.91 Å². The van der Waals surface area contributed by atoms with Crippen LogP contribution in [-0.2, 0) is 4.79 Å². The summed E-state index contributed by atoms with van der Waals surface area (Å²) in [4.78, 5) is 40.1. The topological polar surface area (TPSA) is 91.0 Å². The highest BCUT2D eigenvalue weighted by atomic mass is 19.3. The van der Waals surface area contributed by atoms with Crippen molar-refractivity contribution in [1.29, 1.82) is 0 Å². The monoisotopic (exact) mass is 446 g/mol. The summed E-state index contributed by atoms with van der Waals surface area (Å²) < 4.78 is 29.6. The highest BCUT2D eigenvalue weighted by Gasteiger charge is 2.25. The van der Waals surface area contributed by atoms with Gasteiger partial charge in [-0.2, -0.15) is 8.78 Å². The van der Waals surface area contributed by atoms with Crippen molar-refractivity contribution in [2.24, 2.45) is 0 Å². The second kappa shape index (κ2) is 10.7. The number of carbonyl (C=O) groups is 3. The van der Waals surface area contributed by atoms with Crippen molar-refractivity contribution in [1.82, 2.24) is 15.1 Å². The van der Waals surface area contributed by atoms with Crippen molar-refractivity contribution < 1.29 is 27.9 Å². The minimum absolute atomic E-state index is 0.0826. The second-order valence-electron chi connectivity index (χ2n) is 7.15. The summed E-state index contributed by atoms with van der Waals surface area (Å²) in [6.07, 6.45) is 0. The van der Waals surface area contributed by atoms with Crippen molar-refractivity contribution in [2.75, 3.05) is 45.1 Å². The van der Waals surface area contributed by atoms with E-state index in [4.69, 9.17) is 0 Å². The number of para-hydroxylation sites is 1. The standard InChI is InChI=1S/C22H24F2N4O4/c1-25-20(30)15-6-8-16(9-7-15)26-19(29)14-27-10-12-28(13-11-27)21(31)17-4-2-3-5-18(17)32-22(23)24/h2-9,22H,10-14H2,1H3,(H,25,30)(H,26,29). The van der Waals surface area contributed by atoms with Gasteiger partial charge in [0.15, 0.2) is 0 Å². The van der Waals surface area contributed by atoms with Crippen molar-refractivity contribution in [3.05, 3.63) is 59.7 Å². The number of alkyl halides is 2. The molecular weight excluding hydrogens is 422 g/mol. The Labute approximate surface area is 184 Å². The third-order valence-corrected chi connectivity index (χ3v) is 5.02. The molecule has 0 aliphatic carbocycles. The number of nitrogens with zero attached hydrogens (tertiary/aromatic N) is 2. The summed E-state index contributed by atoms with van der Waals surface area (Å²) in [5.41, 5.74) is 1.15. The van der Waals surface area contributed by atoms with E-state index in [-0.39, 0.29) is 35.6 Å². The van der Waals surface area contributed by atoms with E-state index in [1.54, 1.807) is 42.3 Å². The van der Waals surface area contributed by atoms with E-state index >= 15 is 0 Å². The molecule has 1 aliphatic rings. The van der Waals surface area contributed by atoms with Crippen LogP contribution >= 0.6 is 0 Å². The quantitative estimate of drug-likeness (QED) is 0.680. The SMILES string of the molecule is CNC(=O)c1ccc(NC(=O)CN2CCN(C(=O)c3ccccc3OC(F)F)CC2)cc1. The molecule has 2 aromatic carbocycles. The highest BCUT2D eigenvalue weighted by Crippen LogP contribution is 2.22. The summed E-state index contributed by atoms with van der Waals surface area (Å²) in [7, 11) is 1.54. The van der Waals surface area contributed by atoms with Crippen molar-refractivity contribution >= 4 is 23.4 Å². The van der Waals surface area contributed by atoms with Crippen LogP contribution in [0.4, 0.5) is 14.5 Å². The van der Waals surface area contributed by atoms with Crippen LogP contribution < -0.4 is 15.4 Å². The fourth-order valence-electron chi connectivity index (χ4n) is 3.37. The molecule has 170 valence electrons. The van der Waals surface area contributed by atoms with Crippen molar-refractivity contribution in [2.45, 2.75) is 6.61 Å². The van der Waals surface area contributed by atoms with E-state index in [9.17, 15) is 23.2 Å². The van der Waals surface area contributed by atoms with E-state index in [0.29, 0.717) is 37.4 Å². The van der Waals surface area contributed by atoms with E-state index in [2.05, 4.69) is 15.4 Å². The number of piperazine rings is 1. The maximum Gasteiger partial charge on any atom is 0.387 e. The van der Waals surface area contributed by atoms with Crippen LogP contribution in [0.5, 0.6) is 5.75 Å². The molecule has 0 radical (unpaired) electrons. The van der Waals surface area contributed by atoms with Gasteiger partial charge in [0.05, 0.1) is 12.1 Å². The molecule has 1 aliphatic heterocycles. The van der Waals surface area contributed by atoms with Gasteiger partial charge in [-0.05, 0) is 36.4 Å². The maximum atomic E-state index is 12.7. The molecule has 1 saturated heterocycles. The van der Waals surface area contributed by atoms with Crippen LogP contribution in [0.1, 0.15) is 20.7 Å². The molecule has 0 unspecified atom stereocenters. The van der Waals surface area contributed by atoms with Gasteiger partial charge in [0.1, 0.15) is 5.75 Å². The number of ether oxygens (including phenoxy) is 1. The Morgan fingerprint density at radius 2 is 1.66 bits per heavy atom. The first kappa shape index (κ1) is 23.1. The first-order valence-corrected chi connectivity index (χ1v) is 10.0. The molecule has 2 aromatic rings. The molecule has 2 N–H and O–H groups in total. The fraction of sp³-hybridized carbons (Fsp3) is 0.318. The number of hydrogen-bond acceptors (Lipinski definition) is 5. The minimum atomic E-state index is -3.01. The lowest BCUT2D eigenvalue weighted by atomic mass is 10.1. The normalized spacial score (nSPS) is 14.2. The van der Waals surface area contributed by atoms with Crippen LogP contribution in [0.15, 0.2) is 48.5 Å². The Hall–Kier alpha value is -3.53. The number of nitrogens with one attached hydrogen (secondary N) is 2.